The second kappa shape index (κ2) is 8.46. The van der Waals surface area contributed by atoms with Gasteiger partial charge in [0, 0.05) is 6.42 Å². The van der Waals surface area contributed by atoms with E-state index in [9.17, 15) is 14.4 Å². The molecule has 3 amide bonds. The zero-order valence-electron chi connectivity index (χ0n) is 16.0. The van der Waals surface area contributed by atoms with E-state index in [4.69, 9.17) is 0 Å². The van der Waals surface area contributed by atoms with E-state index in [1.54, 1.807) is 12.1 Å². The molecule has 1 aromatic rings. The van der Waals surface area contributed by atoms with Gasteiger partial charge in [-0.25, -0.2) is 5.43 Å². The number of hydrogen-bond donors (Lipinski definition) is 1. The highest BCUT2D eigenvalue weighted by Gasteiger charge is 2.48. The molecular formula is C21H27N3O3. The third kappa shape index (κ3) is 4.10. The predicted octanol–water partition coefficient (Wildman–Crippen LogP) is 3.40. The van der Waals surface area contributed by atoms with E-state index < -0.39 is 0 Å². The maximum absolute atomic E-state index is 12.7. The number of nitrogens with zero attached hydrogens (tertiary/aromatic N) is 2. The highest BCUT2D eigenvalue weighted by Crippen LogP contribution is 2.40. The van der Waals surface area contributed by atoms with Gasteiger partial charge in [-0.1, -0.05) is 38.3 Å². The zero-order chi connectivity index (χ0) is 19.4. The van der Waals surface area contributed by atoms with E-state index >= 15 is 0 Å². The average Bonchev–Trinajstić information content (AvgIpc) is 2.95. The van der Waals surface area contributed by atoms with Crippen LogP contribution in [0.25, 0.3) is 0 Å². The van der Waals surface area contributed by atoms with Gasteiger partial charge in [0.1, 0.15) is 0 Å². The molecule has 1 saturated carbocycles. The molecule has 0 unspecified atom stereocenters. The third-order valence-corrected chi connectivity index (χ3v) is 5.49. The summed E-state index contributed by atoms with van der Waals surface area (Å²) in [5.74, 6) is -0.513. The molecule has 0 spiro atoms. The Hall–Kier alpha value is -2.50. The van der Waals surface area contributed by atoms with Crippen LogP contribution in [0, 0.1) is 11.8 Å². The number of rotatable bonds is 6. The van der Waals surface area contributed by atoms with Crippen molar-refractivity contribution in [2.45, 2.75) is 58.8 Å². The molecular weight excluding hydrogens is 342 g/mol. The fourth-order valence-electron chi connectivity index (χ4n) is 3.87. The molecule has 1 aliphatic heterocycles. The lowest BCUT2D eigenvalue weighted by atomic mass is 9.81. The van der Waals surface area contributed by atoms with Gasteiger partial charge in [-0.05, 0) is 43.9 Å². The van der Waals surface area contributed by atoms with Crippen LogP contribution < -0.4 is 10.3 Å². The smallest absolute Gasteiger partial charge is 0.240 e. The van der Waals surface area contributed by atoms with Gasteiger partial charge in [-0.2, -0.15) is 5.10 Å². The number of unbranched alkanes of at least 4 members (excludes halogenated alkanes) is 1. The Balaban J connectivity index is 1.69. The van der Waals surface area contributed by atoms with Crippen LogP contribution in [0.4, 0.5) is 5.69 Å². The van der Waals surface area contributed by atoms with Gasteiger partial charge in [0.2, 0.25) is 17.7 Å². The second-order valence-electron chi connectivity index (χ2n) is 7.39. The molecule has 1 N–H and O–H groups in total. The number of benzene rings is 1. The van der Waals surface area contributed by atoms with E-state index in [1.165, 1.54) is 4.90 Å². The van der Waals surface area contributed by atoms with Crippen LogP contribution in [-0.4, -0.2) is 23.4 Å². The minimum atomic E-state index is -0.146. The number of imide groups is 1. The SMILES string of the molecule is CCCCC(=O)N/N=C(\C)c1ccc(N2C(=O)[C@H]3CCCC[C@@H]3C2=O)cc1. The quantitative estimate of drug-likeness (QED) is 0.474. The first-order chi connectivity index (χ1) is 13.0. The van der Waals surface area contributed by atoms with E-state index in [0.29, 0.717) is 17.8 Å². The first-order valence-electron chi connectivity index (χ1n) is 9.84. The Morgan fingerprint density at radius 3 is 2.26 bits per heavy atom. The van der Waals surface area contributed by atoms with Gasteiger partial charge in [0.15, 0.2) is 0 Å². The molecule has 0 bridgehead atoms. The van der Waals surface area contributed by atoms with Gasteiger partial charge in [-0.3, -0.25) is 19.3 Å². The van der Waals surface area contributed by atoms with Crippen molar-refractivity contribution >= 4 is 29.1 Å². The van der Waals surface area contributed by atoms with Crippen molar-refractivity contribution in [2.75, 3.05) is 4.90 Å². The minimum Gasteiger partial charge on any atom is -0.274 e. The number of fused-ring (bicyclic) bond motifs is 1. The molecule has 1 aliphatic carbocycles. The summed E-state index contributed by atoms with van der Waals surface area (Å²) in [5, 5.41) is 4.13. The molecule has 1 aromatic carbocycles. The lowest BCUT2D eigenvalue weighted by molar-refractivity contribution is -0.123. The molecule has 2 aliphatic rings. The number of anilines is 1. The van der Waals surface area contributed by atoms with Crippen LogP contribution in [0.5, 0.6) is 0 Å². The van der Waals surface area contributed by atoms with Crippen LogP contribution in [0.2, 0.25) is 0 Å². The summed E-state index contributed by atoms with van der Waals surface area (Å²) in [7, 11) is 0. The molecule has 144 valence electrons. The Bertz CT molecular complexity index is 730. The highest BCUT2D eigenvalue weighted by molar-refractivity contribution is 6.22. The summed E-state index contributed by atoms with van der Waals surface area (Å²) >= 11 is 0. The van der Waals surface area contributed by atoms with Crippen LogP contribution >= 0.6 is 0 Å². The lowest BCUT2D eigenvalue weighted by Gasteiger charge is -2.19. The fourth-order valence-corrected chi connectivity index (χ4v) is 3.87. The number of hydrazone groups is 1. The number of hydrogen-bond acceptors (Lipinski definition) is 4. The fraction of sp³-hybridized carbons (Fsp3) is 0.524. The number of amides is 3. The van der Waals surface area contributed by atoms with Gasteiger partial charge >= 0.3 is 0 Å². The molecule has 27 heavy (non-hydrogen) atoms. The van der Waals surface area contributed by atoms with E-state index in [2.05, 4.69) is 10.5 Å². The van der Waals surface area contributed by atoms with Crippen molar-refractivity contribution in [3.63, 3.8) is 0 Å². The number of carbonyl (C=O) groups is 3. The Kier molecular flexibility index (Phi) is 6.04. The minimum absolute atomic E-state index is 0.0639. The maximum Gasteiger partial charge on any atom is 0.240 e. The van der Waals surface area contributed by atoms with E-state index in [1.807, 2.05) is 26.0 Å². The van der Waals surface area contributed by atoms with Gasteiger partial charge in [-0.15, -0.1) is 0 Å². The summed E-state index contributed by atoms with van der Waals surface area (Å²) in [6, 6.07) is 7.21. The standard InChI is InChI=1S/C21H27N3O3/c1-3-4-9-19(25)23-22-14(2)15-10-12-16(13-11-15)24-20(26)17-7-5-6-8-18(17)21(24)27/h10-13,17-18H,3-9H2,1-2H3,(H,23,25)/b22-14+/t17-,18-/m0/s1. The summed E-state index contributed by atoms with van der Waals surface area (Å²) < 4.78 is 0. The molecule has 1 saturated heterocycles. The first kappa shape index (κ1) is 19.3. The molecule has 2 atom stereocenters. The highest BCUT2D eigenvalue weighted by atomic mass is 16.2. The van der Waals surface area contributed by atoms with Crippen molar-refractivity contribution in [2.24, 2.45) is 16.9 Å². The van der Waals surface area contributed by atoms with Crippen LogP contribution in [0.3, 0.4) is 0 Å². The first-order valence-corrected chi connectivity index (χ1v) is 9.84. The monoisotopic (exact) mass is 369 g/mol. The Morgan fingerprint density at radius 2 is 1.70 bits per heavy atom. The summed E-state index contributed by atoms with van der Waals surface area (Å²) in [5.41, 5.74) is 4.70. The molecule has 2 fully saturated rings. The third-order valence-electron chi connectivity index (χ3n) is 5.49. The van der Waals surface area contributed by atoms with Crippen LogP contribution in [0.1, 0.15) is 64.4 Å². The Morgan fingerprint density at radius 1 is 1.11 bits per heavy atom. The Labute approximate surface area is 160 Å². The normalized spacial score (nSPS) is 22.7. The molecule has 0 radical (unpaired) electrons. The number of nitrogens with one attached hydrogen (secondary N) is 1. The van der Waals surface area contributed by atoms with Crippen LogP contribution in [0.15, 0.2) is 29.4 Å². The zero-order valence-corrected chi connectivity index (χ0v) is 16.0. The molecule has 6 nitrogen and oxygen atoms in total. The van der Waals surface area contributed by atoms with Crippen molar-refractivity contribution in [1.82, 2.24) is 5.43 Å². The average molecular weight is 369 g/mol. The number of carbonyl (C=O) groups excluding carboxylic acids is 3. The van der Waals surface area contributed by atoms with Crippen molar-refractivity contribution in [1.29, 1.82) is 0 Å². The lowest BCUT2D eigenvalue weighted by Crippen LogP contribution is -2.30. The van der Waals surface area contributed by atoms with Crippen molar-refractivity contribution in [3.8, 4) is 0 Å². The molecule has 6 heteroatoms. The molecule has 0 aromatic heterocycles. The maximum atomic E-state index is 12.7. The summed E-state index contributed by atoms with van der Waals surface area (Å²) in [6.45, 7) is 3.85. The topological polar surface area (TPSA) is 78.8 Å². The van der Waals surface area contributed by atoms with Gasteiger partial charge in [0.25, 0.3) is 0 Å². The summed E-state index contributed by atoms with van der Waals surface area (Å²) in [4.78, 5) is 38.3. The van der Waals surface area contributed by atoms with E-state index in [0.717, 1.165) is 44.1 Å². The van der Waals surface area contributed by atoms with Gasteiger partial charge < -0.3 is 0 Å². The van der Waals surface area contributed by atoms with Crippen molar-refractivity contribution in [3.05, 3.63) is 29.8 Å². The second-order valence-corrected chi connectivity index (χ2v) is 7.39. The molecule has 3 rings (SSSR count). The molecule has 1 heterocycles. The van der Waals surface area contributed by atoms with Gasteiger partial charge in [0.05, 0.1) is 23.2 Å². The van der Waals surface area contributed by atoms with Crippen molar-refractivity contribution < 1.29 is 14.4 Å². The summed E-state index contributed by atoms with van der Waals surface area (Å²) in [6.07, 6.45) is 5.94. The predicted molar refractivity (Wildman–Crippen MR) is 104 cm³/mol. The van der Waals surface area contributed by atoms with E-state index in [-0.39, 0.29) is 29.6 Å². The largest absolute Gasteiger partial charge is 0.274 e. The van der Waals surface area contributed by atoms with Crippen LogP contribution in [-0.2, 0) is 14.4 Å².